The zero-order chi connectivity index (χ0) is 10.7. The molecule has 0 atom stereocenters. The monoisotopic (exact) mass is 212 g/mol. The number of carbonyl (C=O) groups is 1. The van der Waals surface area contributed by atoms with Gasteiger partial charge in [-0.15, -0.1) is 0 Å². The first-order chi connectivity index (χ1) is 6.56. The molecule has 0 bridgehead atoms. The summed E-state index contributed by atoms with van der Waals surface area (Å²) >= 11 is 1.59. The van der Waals surface area contributed by atoms with Crippen LogP contribution in [-0.4, -0.2) is 22.1 Å². The second-order valence-corrected chi connectivity index (χ2v) is 3.65. The van der Waals surface area contributed by atoms with Crippen molar-refractivity contribution in [2.45, 2.75) is 12.7 Å². The summed E-state index contributed by atoms with van der Waals surface area (Å²) in [5, 5.41) is 0. The Labute approximate surface area is 86.3 Å². The van der Waals surface area contributed by atoms with E-state index < -0.39 is 5.91 Å². The molecule has 0 aliphatic carbocycles. The van der Waals surface area contributed by atoms with E-state index in [0.29, 0.717) is 17.3 Å². The number of nitrogens with zero attached hydrogens (tertiary/aromatic N) is 2. The average molecular weight is 212 g/mol. The predicted molar refractivity (Wildman–Crippen MR) is 56.9 cm³/mol. The lowest BCUT2D eigenvalue weighted by molar-refractivity contribution is 0.1000. The molecule has 0 spiro atoms. The number of thioether (sulfide) groups is 1. The van der Waals surface area contributed by atoms with Gasteiger partial charge in [-0.05, 0) is 13.2 Å². The molecule has 4 N–H and O–H groups in total. The van der Waals surface area contributed by atoms with E-state index in [1.807, 2.05) is 6.26 Å². The number of aromatic nitrogens is 2. The smallest absolute Gasteiger partial charge is 0.254 e. The summed E-state index contributed by atoms with van der Waals surface area (Å²) in [5.74, 6) is 0.867. The van der Waals surface area contributed by atoms with Gasteiger partial charge in [0.2, 0.25) is 0 Å². The molecule has 1 heterocycles. The van der Waals surface area contributed by atoms with Crippen LogP contribution in [0.5, 0.6) is 0 Å². The van der Waals surface area contributed by atoms with Crippen molar-refractivity contribution in [2.75, 3.05) is 12.0 Å². The van der Waals surface area contributed by atoms with Gasteiger partial charge in [-0.25, -0.2) is 9.97 Å². The number of nitrogens with two attached hydrogens (primary N) is 2. The van der Waals surface area contributed by atoms with Crippen molar-refractivity contribution in [3.8, 4) is 0 Å². The summed E-state index contributed by atoms with van der Waals surface area (Å²) < 4.78 is 0. The third kappa shape index (κ3) is 2.14. The van der Waals surface area contributed by atoms with Crippen molar-refractivity contribution >= 4 is 23.5 Å². The molecule has 1 rings (SSSR count). The molecule has 0 radical (unpaired) electrons. The van der Waals surface area contributed by atoms with Gasteiger partial charge in [0.05, 0.1) is 11.4 Å². The lowest BCUT2D eigenvalue weighted by Gasteiger charge is -2.06. The minimum atomic E-state index is -0.587. The highest BCUT2D eigenvalue weighted by Gasteiger charge is 2.13. The summed E-state index contributed by atoms with van der Waals surface area (Å²) in [5.41, 5.74) is 11.5. The molecule has 1 aromatic heterocycles. The number of aryl methyl sites for hydroxylation is 1. The van der Waals surface area contributed by atoms with Crippen LogP contribution in [0.3, 0.4) is 0 Å². The quantitative estimate of drug-likeness (QED) is 0.752. The molecule has 0 saturated carbocycles. The Balaban J connectivity index is 3.18. The van der Waals surface area contributed by atoms with Crippen LogP contribution in [0, 0.1) is 6.92 Å². The van der Waals surface area contributed by atoms with Crippen LogP contribution < -0.4 is 11.5 Å². The summed E-state index contributed by atoms with van der Waals surface area (Å²) in [6.07, 6.45) is 1.94. The lowest BCUT2D eigenvalue weighted by Crippen LogP contribution is -2.18. The Hall–Kier alpha value is -1.30. The largest absolute Gasteiger partial charge is 0.383 e. The first-order valence-electron chi connectivity index (χ1n) is 3.98. The topological polar surface area (TPSA) is 94.9 Å². The van der Waals surface area contributed by atoms with Crippen LogP contribution in [0.25, 0.3) is 0 Å². The summed E-state index contributed by atoms with van der Waals surface area (Å²) in [4.78, 5) is 19.1. The predicted octanol–water partition coefficient (Wildman–Crippen LogP) is 0.329. The van der Waals surface area contributed by atoms with Crippen molar-refractivity contribution in [1.29, 1.82) is 0 Å². The number of hydrogen-bond acceptors (Lipinski definition) is 5. The number of rotatable bonds is 3. The van der Waals surface area contributed by atoms with Crippen LogP contribution in [0.15, 0.2) is 0 Å². The molecule has 0 aliphatic heterocycles. The summed E-state index contributed by atoms with van der Waals surface area (Å²) in [6.45, 7) is 1.70. The second-order valence-electron chi connectivity index (χ2n) is 2.78. The maximum absolute atomic E-state index is 11.0. The Morgan fingerprint density at radius 2 is 2.14 bits per heavy atom. The zero-order valence-electron chi connectivity index (χ0n) is 8.07. The van der Waals surface area contributed by atoms with E-state index in [1.165, 1.54) is 0 Å². The normalized spacial score (nSPS) is 10.1. The molecular formula is C8H12N4OS. The van der Waals surface area contributed by atoms with Gasteiger partial charge in [0.1, 0.15) is 17.2 Å². The van der Waals surface area contributed by atoms with Gasteiger partial charge in [-0.1, -0.05) is 0 Å². The zero-order valence-corrected chi connectivity index (χ0v) is 8.89. The number of anilines is 1. The van der Waals surface area contributed by atoms with Gasteiger partial charge >= 0.3 is 0 Å². The van der Waals surface area contributed by atoms with Crippen LogP contribution in [0.1, 0.15) is 21.9 Å². The van der Waals surface area contributed by atoms with Crippen molar-refractivity contribution in [1.82, 2.24) is 9.97 Å². The summed E-state index contributed by atoms with van der Waals surface area (Å²) in [6, 6.07) is 0. The highest BCUT2D eigenvalue weighted by Crippen LogP contribution is 2.14. The number of nitrogen functional groups attached to an aromatic ring is 1. The van der Waals surface area contributed by atoms with Crippen LogP contribution >= 0.6 is 11.8 Å². The highest BCUT2D eigenvalue weighted by atomic mass is 32.2. The molecule has 6 heteroatoms. The number of primary amides is 1. The van der Waals surface area contributed by atoms with E-state index in [4.69, 9.17) is 11.5 Å². The minimum absolute atomic E-state index is 0.161. The number of hydrogen-bond donors (Lipinski definition) is 2. The molecule has 5 nitrogen and oxygen atoms in total. The molecule has 0 aromatic carbocycles. The SMILES string of the molecule is CSCc1nc(C)c(C(N)=O)c(N)n1. The van der Waals surface area contributed by atoms with Crippen molar-refractivity contribution in [2.24, 2.45) is 5.73 Å². The van der Waals surface area contributed by atoms with Crippen LogP contribution in [-0.2, 0) is 5.75 Å². The van der Waals surface area contributed by atoms with E-state index in [2.05, 4.69) is 9.97 Å². The Morgan fingerprint density at radius 3 is 2.57 bits per heavy atom. The maximum atomic E-state index is 11.0. The van der Waals surface area contributed by atoms with Gasteiger partial charge < -0.3 is 11.5 Å². The third-order valence-corrected chi connectivity index (χ3v) is 2.23. The standard InChI is InChI=1S/C8H12N4OS/c1-4-6(8(10)13)7(9)12-5(11-4)3-14-2/h3H2,1-2H3,(H2,10,13)(H2,9,11,12). The number of amides is 1. The van der Waals surface area contributed by atoms with Gasteiger partial charge in [0.15, 0.2) is 0 Å². The summed E-state index contributed by atoms with van der Waals surface area (Å²) in [7, 11) is 0. The molecular weight excluding hydrogens is 200 g/mol. The Kier molecular flexibility index (Phi) is 3.29. The first-order valence-corrected chi connectivity index (χ1v) is 5.37. The van der Waals surface area contributed by atoms with Gasteiger partial charge in [0, 0.05) is 0 Å². The van der Waals surface area contributed by atoms with E-state index >= 15 is 0 Å². The molecule has 76 valence electrons. The third-order valence-electron chi connectivity index (χ3n) is 1.68. The fraction of sp³-hybridized carbons (Fsp3) is 0.375. The van der Waals surface area contributed by atoms with Gasteiger partial charge in [0.25, 0.3) is 5.91 Å². The highest BCUT2D eigenvalue weighted by molar-refractivity contribution is 7.97. The fourth-order valence-electron chi connectivity index (χ4n) is 1.15. The molecule has 1 aromatic rings. The maximum Gasteiger partial charge on any atom is 0.254 e. The van der Waals surface area contributed by atoms with Gasteiger partial charge in [-0.3, -0.25) is 4.79 Å². The van der Waals surface area contributed by atoms with E-state index in [9.17, 15) is 4.79 Å². The van der Waals surface area contributed by atoms with Crippen molar-refractivity contribution < 1.29 is 4.79 Å². The molecule has 14 heavy (non-hydrogen) atoms. The molecule has 0 saturated heterocycles. The molecule has 0 fully saturated rings. The molecule has 1 amide bonds. The fourth-order valence-corrected chi connectivity index (χ4v) is 1.54. The van der Waals surface area contributed by atoms with Crippen molar-refractivity contribution in [3.63, 3.8) is 0 Å². The Bertz CT molecular complexity index is 343. The van der Waals surface area contributed by atoms with E-state index in [1.54, 1.807) is 18.7 Å². The molecule has 0 unspecified atom stereocenters. The average Bonchev–Trinajstić information content (AvgIpc) is 2.01. The number of carbonyl (C=O) groups excluding carboxylic acids is 1. The van der Waals surface area contributed by atoms with Gasteiger partial charge in [-0.2, -0.15) is 11.8 Å². The van der Waals surface area contributed by atoms with Crippen LogP contribution in [0.2, 0.25) is 0 Å². The molecule has 0 aliphatic rings. The van der Waals surface area contributed by atoms with E-state index in [-0.39, 0.29) is 11.4 Å². The van der Waals surface area contributed by atoms with E-state index in [0.717, 1.165) is 0 Å². The minimum Gasteiger partial charge on any atom is -0.383 e. The van der Waals surface area contributed by atoms with Crippen LogP contribution in [0.4, 0.5) is 5.82 Å². The van der Waals surface area contributed by atoms with Crippen molar-refractivity contribution in [3.05, 3.63) is 17.1 Å². The lowest BCUT2D eigenvalue weighted by atomic mass is 10.2. The first kappa shape index (κ1) is 10.8. The Morgan fingerprint density at radius 1 is 1.50 bits per heavy atom. The second kappa shape index (κ2) is 4.28.